The Hall–Kier alpha value is -3.21. The van der Waals surface area contributed by atoms with Crippen LogP contribution >= 0.6 is 0 Å². The van der Waals surface area contributed by atoms with Crippen molar-refractivity contribution >= 4 is 17.6 Å². The lowest BCUT2D eigenvalue weighted by molar-refractivity contribution is -0.201. The van der Waals surface area contributed by atoms with Gasteiger partial charge in [-0.05, 0) is 50.0 Å². The summed E-state index contributed by atoms with van der Waals surface area (Å²) in [6.45, 7) is 4.10. The van der Waals surface area contributed by atoms with Gasteiger partial charge in [0.25, 0.3) is 5.91 Å². The first kappa shape index (κ1) is 22.0. The molecule has 32 heavy (non-hydrogen) atoms. The number of piperidine rings is 3. The number of fused-ring (bicyclic) bond motifs is 3. The molecule has 3 fully saturated rings. The molecule has 0 saturated carbocycles. The van der Waals surface area contributed by atoms with Gasteiger partial charge in [0.05, 0.1) is 11.4 Å². The van der Waals surface area contributed by atoms with Crippen molar-refractivity contribution in [1.29, 1.82) is 0 Å². The summed E-state index contributed by atoms with van der Waals surface area (Å²) in [6.07, 6.45) is -2.87. The number of aromatic nitrogens is 2. The molecule has 0 unspecified atom stereocenters. The van der Waals surface area contributed by atoms with Gasteiger partial charge in [-0.1, -0.05) is 12.1 Å². The fraction of sp³-hybridized carbons (Fsp3) is 0.429. The van der Waals surface area contributed by atoms with E-state index in [-0.39, 0.29) is 16.9 Å². The Morgan fingerprint density at radius 1 is 1.06 bits per heavy atom. The number of ether oxygens (including phenoxy) is 1. The van der Waals surface area contributed by atoms with Gasteiger partial charge in [0.15, 0.2) is 0 Å². The molecule has 1 amide bonds. The van der Waals surface area contributed by atoms with E-state index in [1.807, 2.05) is 0 Å². The van der Waals surface area contributed by atoms with Crippen LogP contribution in [-0.2, 0) is 14.4 Å². The molecule has 4 heterocycles. The number of nitrogens with zero attached hydrogens (tertiary/aromatic N) is 4. The average molecular weight is 450 g/mol. The van der Waals surface area contributed by atoms with Crippen LogP contribution in [0.1, 0.15) is 19.8 Å². The summed E-state index contributed by atoms with van der Waals surface area (Å²) in [5.41, 5.74) is 1.09. The Kier molecular flexibility index (Phi) is 6.00. The zero-order valence-electron chi connectivity index (χ0n) is 17.2. The number of amides is 1. The van der Waals surface area contributed by atoms with Crippen molar-refractivity contribution in [2.24, 2.45) is 5.92 Å². The number of carbonyl (C=O) groups is 2. The van der Waals surface area contributed by atoms with Crippen LogP contribution in [0, 0.1) is 5.92 Å². The van der Waals surface area contributed by atoms with Crippen molar-refractivity contribution in [2.75, 3.05) is 24.7 Å². The zero-order valence-corrected chi connectivity index (χ0v) is 17.2. The van der Waals surface area contributed by atoms with E-state index >= 15 is 0 Å². The largest absolute Gasteiger partial charge is 0.493 e. The van der Waals surface area contributed by atoms with Crippen LogP contribution in [0.3, 0.4) is 0 Å². The number of benzene rings is 1. The van der Waals surface area contributed by atoms with E-state index < -0.39 is 18.1 Å². The molecule has 3 aliphatic rings. The van der Waals surface area contributed by atoms with E-state index in [2.05, 4.69) is 19.9 Å². The summed E-state index contributed by atoms with van der Waals surface area (Å²) < 4.78 is 43.4. The molecule has 5 rings (SSSR count). The molecule has 1 aromatic carbocycles. The predicted molar refractivity (Wildman–Crippen MR) is 106 cm³/mol. The van der Waals surface area contributed by atoms with Crippen molar-refractivity contribution in [3.8, 4) is 17.1 Å². The van der Waals surface area contributed by atoms with Crippen LogP contribution in [0.15, 0.2) is 36.4 Å². The Morgan fingerprint density at radius 3 is 2.25 bits per heavy atom. The van der Waals surface area contributed by atoms with E-state index in [0.29, 0.717) is 23.1 Å². The van der Waals surface area contributed by atoms with Gasteiger partial charge < -0.3 is 9.57 Å². The van der Waals surface area contributed by atoms with Crippen LogP contribution in [0.2, 0.25) is 0 Å². The molecule has 1 aromatic heterocycles. The number of alkyl halides is 3. The van der Waals surface area contributed by atoms with E-state index in [1.165, 1.54) is 24.3 Å². The van der Waals surface area contributed by atoms with Crippen LogP contribution < -0.4 is 9.80 Å². The third-order valence-corrected chi connectivity index (χ3v) is 5.60. The highest BCUT2D eigenvalue weighted by atomic mass is 19.4. The quantitative estimate of drug-likeness (QED) is 0.662. The summed E-state index contributed by atoms with van der Waals surface area (Å²) in [6, 6.07) is 9.21. The second-order valence-corrected chi connectivity index (χ2v) is 7.79. The van der Waals surface area contributed by atoms with Crippen molar-refractivity contribution in [1.82, 2.24) is 15.1 Å². The minimum Gasteiger partial charge on any atom is -0.472 e. The Bertz CT molecular complexity index is 974. The lowest BCUT2D eigenvalue weighted by Crippen LogP contribution is -2.52. The minimum atomic E-state index is -5.22. The van der Waals surface area contributed by atoms with E-state index in [4.69, 9.17) is 4.74 Å². The van der Waals surface area contributed by atoms with Crippen molar-refractivity contribution in [3.05, 3.63) is 36.4 Å². The van der Waals surface area contributed by atoms with Crippen LogP contribution in [-0.4, -0.2) is 58.9 Å². The zero-order chi connectivity index (χ0) is 22.9. The second-order valence-electron chi connectivity index (χ2n) is 7.79. The monoisotopic (exact) mass is 450 g/mol. The first-order valence-electron chi connectivity index (χ1n) is 10.1. The van der Waals surface area contributed by atoms with Crippen LogP contribution in [0.5, 0.6) is 5.88 Å². The highest BCUT2D eigenvalue weighted by Crippen LogP contribution is 2.30. The molecule has 3 aliphatic heterocycles. The summed E-state index contributed by atoms with van der Waals surface area (Å²) in [5.74, 6) is -2.40. The molecule has 1 atom stereocenters. The van der Waals surface area contributed by atoms with Crippen molar-refractivity contribution in [3.63, 3.8) is 0 Å². The van der Waals surface area contributed by atoms with Crippen LogP contribution in [0.25, 0.3) is 11.3 Å². The first-order chi connectivity index (χ1) is 15.2. The maximum absolute atomic E-state index is 12.5. The van der Waals surface area contributed by atoms with Gasteiger partial charge in [0, 0.05) is 25.1 Å². The predicted octanol–water partition coefficient (Wildman–Crippen LogP) is 2.99. The van der Waals surface area contributed by atoms with Crippen LogP contribution in [0.4, 0.5) is 18.9 Å². The molecule has 0 spiro atoms. The molecule has 170 valence electrons. The maximum Gasteiger partial charge on any atom is 0.493 e. The number of hydrogen-bond acceptors (Lipinski definition) is 7. The van der Waals surface area contributed by atoms with E-state index in [1.54, 1.807) is 12.1 Å². The summed E-state index contributed by atoms with van der Waals surface area (Å²) >= 11 is 0. The number of hydrogen-bond donors (Lipinski definition) is 0. The second kappa shape index (κ2) is 8.73. The van der Waals surface area contributed by atoms with E-state index in [9.17, 15) is 22.8 Å². The molecule has 2 bridgehead atoms. The van der Waals surface area contributed by atoms with Gasteiger partial charge in [-0.25, -0.2) is 4.79 Å². The highest BCUT2D eigenvalue weighted by Gasteiger charge is 2.43. The van der Waals surface area contributed by atoms with Gasteiger partial charge in [0.1, 0.15) is 6.10 Å². The lowest BCUT2D eigenvalue weighted by atomic mass is 9.86. The van der Waals surface area contributed by atoms with E-state index in [0.717, 1.165) is 39.4 Å². The Morgan fingerprint density at radius 2 is 1.75 bits per heavy atom. The topological polar surface area (TPSA) is 84.9 Å². The molecular formula is C21H21F3N4O4. The fourth-order valence-corrected chi connectivity index (χ4v) is 3.94. The summed E-state index contributed by atoms with van der Waals surface area (Å²) in [7, 11) is 0. The van der Waals surface area contributed by atoms with Gasteiger partial charge in [-0.15, -0.1) is 15.3 Å². The summed E-state index contributed by atoms with van der Waals surface area (Å²) in [4.78, 5) is 29.3. The molecule has 2 aromatic rings. The van der Waals surface area contributed by atoms with Crippen molar-refractivity contribution in [2.45, 2.75) is 32.0 Å². The number of carbonyl (C=O) groups excluding carboxylic acids is 2. The molecule has 0 aliphatic carbocycles. The lowest BCUT2D eigenvalue weighted by Gasteiger charge is -2.44. The fourth-order valence-electron chi connectivity index (χ4n) is 3.94. The standard InChI is InChI=1S/C21H21F3N4O4/c1-13(29)28(32-20(30)21(22,23)24)16-4-2-14(3-5-16)17-6-7-19(26-25-17)31-18-12-27-10-8-15(18)9-11-27/h2-7,15,18H,8-12H2,1H3/t18-/m0/s1. The third kappa shape index (κ3) is 4.82. The van der Waals surface area contributed by atoms with Gasteiger partial charge in [-0.2, -0.15) is 13.2 Å². The van der Waals surface area contributed by atoms with Gasteiger partial charge in [-0.3, -0.25) is 9.69 Å². The average Bonchev–Trinajstić information content (AvgIpc) is 2.78. The minimum absolute atomic E-state index is 0.0332. The maximum atomic E-state index is 12.5. The molecule has 3 saturated heterocycles. The van der Waals surface area contributed by atoms with Gasteiger partial charge in [0.2, 0.25) is 5.88 Å². The summed E-state index contributed by atoms with van der Waals surface area (Å²) in [5, 5.41) is 8.59. The first-order valence-corrected chi connectivity index (χ1v) is 10.1. The molecule has 0 radical (unpaired) electrons. The number of halogens is 3. The number of rotatable bonds is 4. The molecule has 8 nitrogen and oxygen atoms in total. The smallest absolute Gasteiger partial charge is 0.472 e. The molecule has 0 N–H and O–H groups in total. The SMILES string of the molecule is CC(=O)N(OC(=O)C(F)(F)F)c1ccc(-c2ccc(O[C@H]3CN4CCC3CC4)nn2)cc1. The third-order valence-electron chi connectivity index (χ3n) is 5.60. The Labute approximate surface area is 181 Å². The normalized spacial score (nSPS) is 22.3. The number of anilines is 1. The highest BCUT2D eigenvalue weighted by molar-refractivity contribution is 5.92. The molecule has 11 heteroatoms. The molecular weight excluding hydrogens is 429 g/mol. The van der Waals surface area contributed by atoms with Gasteiger partial charge >= 0.3 is 12.1 Å². The van der Waals surface area contributed by atoms with Crippen molar-refractivity contribution < 1.29 is 32.3 Å². The Balaban J connectivity index is 1.43. The number of hydroxylamine groups is 1.